The topological polar surface area (TPSA) is 243 Å². The Balaban J connectivity index is 2.10. The van der Waals surface area contributed by atoms with Gasteiger partial charge in [-0.25, -0.2) is 0 Å². The third kappa shape index (κ3) is 7.22. The molecular formula is C18H18N8O8. The molecule has 16 heteroatoms. The average Bonchev–Trinajstić information content (AvgIpc) is 2.83. The van der Waals surface area contributed by atoms with Crippen molar-refractivity contribution in [3.63, 3.8) is 0 Å². The van der Waals surface area contributed by atoms with Crippen LogP contribution in [0.1, 0.15) is 0 Å². The number of non-ortho nitro benzene ring substituents is 2. The number of rotatable bonds is 13. The van der Waals surface area contributed by atoms with E-state index in [0.717, 1.165) is 12.1 Å². The van der Waals surface area contributed by atoms with Crippen molar-refractivity contribution in [3.05, 3.63) is 89.6 Å². The van der Waals surface area contributed by atoms with Gasteiger partial charge in [-0.2, -0.15) is 0 Å². The first-order valence-corrected chi connectivity index (χ1v) is 9.46. The number of ether oxygens (including phenoxy) is 2. The van der Waals surface area contributed by atoms with Gasteiger partial charge < -0.3 is 19.7 Å². The second-order valence-electron chi connectivity index (χ2n) is 6.66. The maximum Gasteiger partial charge on any atom is 0.273 e. The summed E-state index contributed by atoms with van der Waals surface area (Å²) in [7, 11) is 0. The van der Waals surface area contributed by atoms with Crippen LogP contribution < -0.4 is 9.47 Å². The molecule has 0 radical (unpaired) electrons. The molecule has 0 aliphatic heterocycles. The Morgan fingerprint density at radius 2 is 1.21 bits per heavy atom. The van der Waals surface area contributed by atoms with Crippen LogP contribution in [0.5, 0.6) is 11.5 Å². The van der Waals surface area contributed by atoms with Crippen molar-refractivity contribution in [3.8, 4) is 11.5 Å². The van der Waals surface area contributed by atoms with Gasteiger partial charge in [-0.05, 0) is 23.2 Å². The van der Waals surface area contributed by atoms with Crippen molar-refractivity contribution in [2.75, 3.05) is 13.2 Å². The fourth-order valence-electron chi connectivity index (χ4n) is 2.73. The molecule has 0 saturated carbocycles. The van der Waals surface area contributed by atoms with Crippen molar-refractivity contribution in [1.29, 1.82) is 0 Å². The summed E-state index contributed by atoms with van der Waals surface area (Å²) in [5, 5.41) is 49.5. The predicted octanol–water partition coefficient (Wildman–Crippen LogP) is 3.04. The highest BCUT2D eigenvalue weighted by Crippen LogP contribution is 2.22. The smallest absolute Gasteiger partial charge is 0.273 e. The number of hydrogen-bond donors (Lipinski definition) is 2. The summed E-state index contributed by atoms with van der Waals surface area (Å²) in [5.41, 5.74) is 17.1. The van der Waals surface area contributed by atoms with E-state index < -0.39 is 47.4 Å². The van der Waals surface area contributed by atoms with E-state index in [9.17, 15) is 30.4 Å². The monoisotopic (exact) mass is 474 g/mol. The Hall–Kier alpha value is -4.62. The van der Waals surface area contributed by atoms with Crippen LogP contribution in [0.2, 0.25) is 0 Å². The molecule has 0 aliphatic carbocycles. The quantitative estimate of drug-likeness (QED) is 0.143. The highest BCUT2D eigenvalue weighted by atomic mass is 16.6. The molecule has 0 unspecified atom stereocenters. The highest BCUT2D eigenvalue weighted by molar-refractivity contribution is 5.38. The summed E-state index contributed by atoms with van der Waals surface area (Å²) in [6.07, 6.45) is -3.59. The molecule has 0 aliphatic rings. The van der Waals surface area contributed by atoms with Crippen molar-refractivity contribution in [2.24, 2.45) is 10.2 Å². The third-order valence-corrected chi connectivity index (χ3v) is 4.44. The summed E-state index contributed by atoms with van der Waals surface area (Å²) in [6, 6.07) is 7.48. The Bertz CT molecular complexity index is 1030. The van der Waals surface area contributed by atoms with E-state index in [1.54, 1.807) is 0 Å². The minimum Gasteiger partial charge on any atom is -0.493 e. The lowest BCUT2D eigenvalue weighted by Gasteiger charge is -2.27. The molecule has 0 aromatic heterocycles. The molecule has 2 aromatic rings. The molecular weight excluding hydrogens is 456 g/mol. The Morgan fingerprint density at radius 1 is 0.824 bits per heavy atom. The van der Waals surface area contributed by atoms with Crippen LogP contribution in [0.4, 0.5) is 11.4 Å². The zero-order chi connectivity index (χ0) is 25.1. The van der Waals surface area contributed by atoms with Gasteiger partial charge in [-0.3, -0.25) is 20.2 Å². The van der Waals surface area contributed by atoms with Gasteiger partial charge in [0.15, 0.2) is 0 Å². The van der Waals surface area contributed by atoms with Crippen LogP contribution in [-0.4, -0.2) is 57.6 Å². The predicted molar refractivity (Wildman–Crippen MR) is 115 cm³/mol. The first-order chi connectivity index (χ1) is 16.3. The minimum atomic E-state index is -1.79. The molecule has 16 nitrogen and oxygen atoms in total. The number of aliphatic hydroxyl groups excluding tert-OH is 2. The van der Waals surface area contributed by atoms with Crippen molar-refractivity contribution in [2.45, 2.75) is 24.3 Å². The highest BCUT2D eigenvalue weighted by Gasteiger charge is 2.32. The summed E-state index contributed by atoms with van der Waals surface area (Å²) >= 11 is 0. The largest absolute Gasteiger partial charge is 0.493 e. The number of aliphatic hydroxyl groups is 2. The molecule has 0 bridgehead atoms. The fraction of sp³-hybridized carbons (Fsp3) is 0.333. The lowest BCUT2D eigenvalue weighted by atomic mass is 10.0. The molecule has 0 saturated heterocycles. The zero-order valence-corrected chi connectivity index (χ0v) is 17.3. The van der Waals surface area contributed by atoms with E-state index in [2.05, 4.69) is 20.1 Å². The number of benzene rings is 2. The van der Waals surface area contributed by atoms with Gasteiger partial charge in [0.05, 0.1) is 59.5 Å². The molecule has 0 fully saturated rings. The number of azide groups is 2. The van der Waals surface area contributed by atoms with Crippen LogP contribution in [0.3, 0.4) is 0 Å². The van der Waals surface area contributed by atoms with Gasteiger partial charge in [0, 0.05) is 22.0 Å². The minimum absolute atomic E-state index is 0.0506. The molecule has 2 N–H and O–H groups in total. The van der Waals surface area contributed by atoms with Crippen molar-refractivity contribution >= 4 is 11.4 Å². The summed E-state index contributed by atoms with van der Waals surface area (Å²) in [5.74, 6) is 0.101. The van der Waals surface area contributed by atoms with Crippen LogP contribution in [0, 0.1) is 20.2 Å². The number of hydrogen-bond acceptors (Lipinski definition) is 10. The van der Waals surface area contributed by atoms with Gasteiger partial charge in [-0.15, -0.1) is 0 Å². The number of nitrogens with zero attached hydrogens (tertiary/aromatic N) is 8. The lowest BCUT2D eigenvalue weighted by molar-refractivity contribution is -0.385. The normalized spacial score (nSPS) is 13.8. The van der Waals surface area contributed by atoms with Gasteiger partial charge >= 0.3 is 0 Å². The summed E-state index contributed by atoms with van der Waals surface area (Å²) in [6.45, 7) is -0.948. The molecule has 2 rings (SSSR count). The molecule has 4 atom stereocenters. The SMILES string of the molecule is [N-]=[N+]=N[C@@H](COc1cccc([N+](=O)[O-])c1)[C@@H](O)[C@H](O)[C@H](COc1cccc([N+](=O)[O-])c1)N=[N+]=[N-]. The standard InChI is InChI=1S/C18H18N8O8/c19-23-21-15(9-33-13-5-1-3-11(7-13)25(29)30)17(27)18(28)16(22-24-20)10-34-14-6-2-4-12(8-14)26(31)32/h1-8,15-18,27-28H,9-10H2/t15-,16-,17+,18+/m0/s1. The van der Waals surface area contributed by atoms with Crippen LogP contribution in [0.25, 0.3) is 20.9 Å². The van der Waals surface area contributed by atoms with Crippen LogP contribution in [0.15, 0.2) is 58.8 Å². The maximum atomic E-state index is 10.9. The summed E-state index contributed by atoms with van der Waals surface area (Å²) < 4.78 is 10.7. The number of nitro groups is 2. The van der Waals surface area contributed by atoms with E-state index >= 15 is 0 Å². The second-order valence-corrected chi connectivity index (χ2v) is 6.66. The van der Waals surface area contributed by atoms with Gasteiger partial charge in [0.25, 0.3) is 11.4 Å². The second kappa shape index (κ2) is 12.4. The van der Waals surface area contributed by atoms with E-state index in [-0.39, 0.29) is 22.9 Å². The molecule has 34 heavy (non-hydrogen) atoms. The van der Waals surface area contributed by atoms with Crippen LogP contribution in [-0.2, 0) is 0 Å². The van der Waals surface area contributed by atoms with Crippen LogP contribution >= 0.6 is 0 Å². The third-order valence-electron chi connectivity index (χ3n) is 4.44. The maximum absolute atomic E-state index is 10.9. The van der Waals surface area contributed by atoms with Crippen molar-refractivity contribution in [1.82, 2.24) is 0 Å². The first kappa shape index (κ1) is 25.6. The van der Waals surface area contributed by atoms with Crippen molar-refractivity contribution < 1.29 is 29.5 Å². The van der Waals surface area contributed by atoms with E-state index in [1.807, 2.05) is 0 Å². The van der Waals surface area contributed by atoms with Gasteiger partial charge in [0.2, 0.25) is 0 Å². The molecule has 178 valence electrons. The van der Waals surface area contributed by atoms with E-state index in [1.165, 1.54) is 36.4 Å². The average molecular weight is 474 g/mol. The molecule has 2 aromatic carbocycles. The molecule has 0 heterocycles. The summed E-state index contributed by atoms with van der Waals surface area (Å²) in [4.78, 5) is 25.6. The fourth-order valence-corrected chi connectivity index (χ4v) is 2.73. The lowest BCUT2D eigenvalue weighted by Crippen LogP contribution is -2.46. The van der Waals surface area contributed by atoms with Gasteiger partial charge in [0.1, 0.15) is 11.5 Å². The van der Waals surface area contributed by atoms with E-state index in [4.69, 9.17) is 20.5 Å². The zero-order valence-electron chi connectivity index (χ0n) is 17.3. The van der Waals surface area contributed by atoms with Gasteiger partial charge in [-0.1, -0.05) is 22.4 Å². The Labute approximate surface area is 190 Å². The first-order valence-electron chi connectivity index (χ1n) is 9.46. The molecule has 0 spiro atoms. The molecule has 0 amide bonds. The van der Waals surface area contributed by atoms with E-state index in [0.29, 0.717) is 0 Å². The Kier molecular flexibility index (Phi) is 9.37. The number of nitro benzene ring substituents is 2. The Morgan fingerprint density at radius 3 is 1.53 bits per heavy atom.